The van der Waals surface area contributed by atoms with Gasteiger partial charge >= 0.3 is 6.18 Å². The number of aromatic nitrogens is 6. The summed E-state index contributed by atoms with van der Waals surface area (Å²) >= 11 is 6.42. The van der Waals surface area contributed by atoms with E-state index in [1.807, 2.05) is 6.07 Å². The van der Waals surface area contributed by atoms with Crippen molar-refractivity contribution in [2.24, 2.45) is 0 Å². The van der Waals surface area contributed by atoms with Gasteiger partial charge < -0.3 is 10.1 Å². The Morgan fingerprint density at radius 2 is 1.80 bits per heavy atom. The first-order valence-electron chi connectivity index (χ1n) is 13.6. The average Bonchev–Trinajstić information content (AvgIpc) is 3.69. The number of carbonyl (C=O) groups is 2. The summed E-state index contributed by atoms with van der Waals surface area (Å²) in [6.45, 7) is 1.55. The molecule has 15 heteroatoms. The van der Waals surface area contributed by atoms with Gasteiger partial charge in [0.25, 0.3) is 11.7 Å². The molecule has 5 aromatic rings. The van der Waals surface area contributed by atoms with Gasteiger partial charge in [0, 0.05) is 18.5 Å². The van der Waals surface area contributed by atoms with Crippen LogP contribution in [0.25, 0.3) is 5.69 Å². The van der Waals surface area contributed by atoms with Gasteiger partial charge in [0.05, 0.1) is 35.1 Å². The van der Waals surface area contributed by atoms with Crippen LogP contribution >= 0.6 is 11.6 Å². The molecule has 3 aromatic carbocycles. The van der Waals surface area contributed by atoms with E-state index < -0.39 is 23.7 Å². The zero-order valence-corrected chi connectivity index (χ0v) is 25.1. The number of alkyl halides is 3. The number of methoxy groups -OCH3 is 1. The molecule has 0 bridgehead atoms. The van der Waals surface area contributed by atoms with Gasteiger partial charge in [-0.1, -0.05) is 35.9 Å². The van der Waals surface area contributed by atoms with E-state index in [-0.39, 0.29) is 47.0 Å². The quantitative estimate of drug-likeness (QED) is 0.206. The molecule has 0 fully saturated rings. The van der Waals surface area contributed by atoms with Crippen molar-refractivity contribution in [2.45, 2.75) is 32.6 Å². The Labute approximate surface area is 265 Å². The zero-order valence-electron chi connectivity index (χ0n) is 24.3. The molecule has 46 heavy (non-hydrogen) atoms. The van der Waals surface area contributed by atoms with Crippen molar-refractivity contribution >= 4 is 23.3 Å². The van der Waals surface area contributed by atoms with Crippen LogP contribution in [0.3, 0.4) is 0 Å². The third kappa shape index (κ3) is 7.05. The van der Waals surface area contributed by atoms with Crippen molar-refractivity contribution in [3.8, 4) is 17.5 Å². The number of nitriles is 1. The fourth-order valence-electron chi connectivity index (χ4n) is 4.67. The van der Waals surface area contributed by atoms with Gasteiger partial charge in [-0.05, 0) is 71.3 Å². The number of ether oxygens (including phenoxy) is 1. The molecule has 2 heterocycles. The summed E-state index contributed by atoms with van der Waals surface area (Å²) in [6.07, 6.45) is -5.05. The minimum atomic E-state index is -4.78. The maximum Gasteiger partial charge on any atom is 0.455 e. The molecule has 0 atom stereocenters. The van der Waals surface area contributed by atoms with Gasteiger partial charge in [-0.25, -0.2) is 4.68 Å². The number of para-hydroxylation sites is 1. The van der Waals surface area contributed by atoms with Crippen LogP contribution in [0.2, 0.25) is 5.02 Å². The fraction of sp³-hybridized carbons (Fsp3) is 0.194. The highest BCUT2D eigenvalue weighted by Crippen LogP contribution is 2.27. The zero-order chi connectivity index (χ0) is 33.0. The lowest BCUT2D eigenvalue weighted by atomic mass is 9.93. The summed E-state index contributed by atoms with van der Waals surface area (Å²) in [7, 11) is 1.55. The Morgan fingerprint density at radius 1 is 1.07 bits per heavy atom. The van der Waals surface area contributed by atoms with Crippen LogP contribution in [0, 0.1) is 18.3 Å². The van der Waals surface area contributed by atoms with E-state index in [2.05, 4.69) is 25.8 Å². The van der Waals surface area contributed by atoms with Crippen molar-refractivity contribution < 1.29 is 27.5 Å². The molecule has 0 aliphatic carbocycles. The van der Waals surface area contributed by atoms with E-state index in [1.165, 1.54) is 16.8 Å². The van der Waals surface area contributed by atoms with Gasteiger partial charge in [0.2, 0.25) is 0 Å². The molecule has 2 aromatic heterocycles. The standard InChI is InChI=1S/C31H24ClF3N8O3/c1-18-11-20(15-36)12-24(29(45)37-16-19-7-9-22(46-2)10-8-19)23(18)14-28(44)27-13-21(17-42-40-30(38-41-42)31(33,34)35)39-43(27)26-6-4-3-5-25(26)32/h3-13H,14,16-17H2,1-2H3,(H,37,45). The summed E-state index contributed by atoms with van der Waals surface area (Å²) in [6, 6.07) is 20.1. The molecular formula is C31H24ClF3N8O3. The van der Waals surface area contributed by atoms with Crippen molar-refractivity contribution in [3.05, 3.63) is 117 Å². The first-order chi connectivity index (χ1) is 22.0. The second-order valence-electron chi connectivity index (χ2n) is 10.1. The smallest absolute Gasteiger partial charge is 0.455 e. The monoisotopic (exact) mass is 648 g/mol. The van der Waals surface area contributed by atoms with Crippen LogP contribution in [-0.4, -0.2) is 48.8 Å². The van der Waals surface area contributed by atoms with Gasteiger partial charge in [-0.3, -0.25) is 9.59 Å². The van der Waals surface area contributed by atoms with E-state index in [0.717, 1.165) is 5.56 Å². The number of carbonyl (C=O) groups excluding carboxylic acids is 2. The number of benzene rings is 3. The average molecular weight is 649 g/mol. The summed E-state index contributed by atoms with van der Waals surface area (Å²) in [5.74, 6) is -1.71. The van der Waals surface area contributed by atoms with E-state index in [9.17, 15) is 28.0 Å². The lowest BCUT2D eigenvalue weighted by Gasteiger charge is -2.14. The minimum Gasteiger partial charge on any atom is -0.497 e. The fourth-order valence-corrected chi connectivity index (χ4v) is 4.89. The predicted molar refractivity (Wildman–Crippen MR) is 159 cm³/mol. The number of aryl methyl sites for hydroxylation is 1. The lowest BCUT2D eigenvalue weighted by molar-refractivity contribution is -0.145. The number of nitrogens with one attached hydrogen (secondary N) is 1. The van der Waals surface area contributed by atoms with E-state index in [0.29, 0.717) is 27.4 Å². The molecule has 0 saturated heterocycles. The first kappa shape index (κ1) is 31.9. The molecule has 5 rings (SSSR count). The number of ketones is 1. The van der Waals surface area contributed by atoms with Gasteiger partial charge in [0.15, 0.2) is 5.78 Å². The Hall–Kier alpha value is -5.55. The number of amides is 1. The summed E-state index contributed by atoms with van der Waals surface area (Å²) in [5, 5.41) is 26.9. The molecule has 1 N–H and O–H groups in total. The Morgan fingerprint density at radius 3 is 2.46 bits per heavy atom. The molecule has 11 nitrogen and oxygen atoms in total. The number of rotatable bonds is 10. The summed E-state index contributed by atoms with van der Waals surface area (Å²) < 4.78 is 45.5. The number of hydrogen-bond acceptors (Lipinski definition) is 8. The second-order valence-corrected chi connectivity index (χ2v) is 10.5. The van der Waals surface area contributed by atoms with Gasteiger partial charge in [0.1, 0.15) is 18.0 Å². The highest BCUT2D eigenvalue weighted by atomic mass is 35.5. The molecule has 0 unspecified atom stereocenters. The lowest BCUT2D eigenvalue weighted by Crippen LogP contribution is -2.25. The van der Waals surface area contributed by atoms with Crippen molar-refractivity contribution in [2.75, 3.05) is 7.11 Å². The van der Waals surface area contributed by atoms with Crippen LogP contribution in [0.5, 0.6) is 5.75 Å². The molecule has 0 spiro atoms. The van der Waals surface area contributed by atoms with E-state index >= 15 is 0 Å². The van der Waals surface area contributed by atoms with Crippen LogP contribution in [0.1, 0.15) is 54.6 Å². The largest absolute Gasteiger partial charge is 0.497 e. The normalized spacial score (nSPS) is 11.2. The van der Waals surface area contributed by atoms with E-state index in [4.69, 9.17) is 16.3 Å². The molecule has 0 radical (unpaired) electrons. The molecule has 0 aliphatic rings. The number of nitrogens with zero attached hydrogens (tertiary/aromatic N) is 7. The van der Waals surface area contributed by atoms with Crippen LogP contribution < -0.4 is 10.1 Å². The topological polar surface area (TPSA) is 141 Å². The third-order valence-corrected chi connectivity index (χ3v) is 7.25. The third-order valence-electron chi connectivity index (χ3n) is 6.93. The number of hydrogen-bond donors (Lipinski definition) is 1. The highest BCUT2D eigenvalue weighted by molar-refractivity contribution is 6.32. The first-order valence-corrected chi connectivity index (χ1v) is 14.0. The summed E-state index contributed by atoms with van der Waals surface area (Å²) in [4.78, 5) is 28.1. The Kier molecular flexibility index (Phi) is 9.15. The SMILES string of the molecule is COc1ccc(CNC(=O)c2cc(C#N)cc(C)c2CC(=O)c2cc(Cn3nnc(C(F)(F)F)n3)nn2-c2ccccc2Cl)cc1. The highest BCUT2D eigenvalue weighted by Gasteiger charge is 2.37. The summed E-state index contributed by atoms with van der Waals surface area (Å²) in [5.41, 5.74) is 2.67. The molecular weight excluding hydrogens is 625 g/mol. The maximum absolute atomic E-state index is 13.9. The number of tetrazole rings is 1. The predicted octanol–water partition coefficient (Wildman–Crippen LogP) is 5.12. The van der Waals surface area contributed by atoms with Gasteiger partial charge in [-0.15, -0.1) is 10.2 Å². The van der Waals surface area contributed by atoms with Crippen LogP contribution in [0.15, 0.2) is 66.7 Å². The number of halogens is 4. The maximum atomic E-state index is 13.9. The number of Topliss-reactive ketones (excluding diaryl/α,β-unsaturated/α-hetero) is 1. The molecule has 0 saturated carbocycles. The van der Waals surface area contributed by atoms with Gasteiger partial charge in [-0.2, -0.15) is 28.3 Å². The van der Waals surface area contributed by atoms with Crippen LogP contribution in [-0.2, 0) is 25.7 Å². The molecule has 1 amide bonds. The van der Waals surface area contributed by atoms with Crippen LogP contribution in [0.4, 0.5) is 13.2 Å². The van der Waals surface area contributed by atoms with Crippen molar-refractivity contribution in [1.82, 2.24) is 35.3 Å². The van der Waals surface area contributed by atoms with Crippen molar-refractivity contribution in [3.63, 3.8) is 0 Å². The minimum absolute atomic E-state index is 0.0487. The Balaban J connectivity index is 1.47. The molecule has 0 aliphatic heterocycles. The molecule has 234 valence electrons. The van der Waals surface area contributed by atoms with Crippen molar-refractivity contribution in [1.29, 1.82) is 5.26 Å². The van der Waals surface area contributed by atoms with E-state index in [1.54, 1.807) is 68.6 Å². The second kappa shape index (κ2) is 13.2. The Bertz CT molecular complexity index is 1960.